The van der Waals surface area contributed by atoms with Gasteiger partial charge in [-0.1, -0.05) is 31.5 Å². The van der Waals surface area contributed by atoms with Crippen LogP contribution in [0.5, 0.6) is 0 Å². The first-order chi connectivity index (χ1) is 8.95. The molecule has 1 unspecified atom stereocenters. The molecule has 0 amide bonds. The van der Waals surface area contributed by atoms with Crippen molar-refractivity contribution in [2.24, 2.45) is 5.92 Å². The molecule has 1 aromatic carbocycles. The zero-order valence-electron chi connectivity index (χ0n) is 12.2. The zero-order valence-corrected chi connectivity index (χ0v) is 12.9. The number of nitrogens with zero attached hydrogens (tertiary/aromatic N) is 1. The first-order valence-corrected chi connectivity index (χ1v) is 7.05. The largest absolute Gasteiger partial charge is 0.389 e. The molecular weight excluding hydrogens is 262 g/mol. The number of aliphatic hydroxyl groups excluding tert-OH is 1. The third-order valence-electron chi connectivity index (χ3n) is 2.95. The van der Waals surface area contributed by atoms with Crippen LogP contribution in [0.15, 0.2) is 18.2 Å². The monoisotopic (exact) mass is 285 g/mol. The molecule has 0 radical (unpaired) electrons. The Morgan fingerprint density at radius 3 is 2.47 bits per heavy atom. The van der Waals surface area contributed by atoms with Crippen molar-refractivity contribution in [1.82, 2.24) is 0 Å². The Hall–Kier alpha value is -0.770. The molecule has 0 aliphatic carbocycles. The van der Waals surface area contributed by atoms with Gasteiger partial charge in [-0.15, -0.1) is 0 Å². The van der Waals surface area contributed by atoms with Crippen LogP contribution in [0.4, 0.5) is 5.69 Å². The molecule has 4 heteroatoms. The molecule has 19 heavy (non-hydrogen) atoms. The van der Waals surface area contributed by atoms with Gasteiger partial charge >= 0.3 is 0 Å². The van der Waals surface area contributed by atoms with Crippen LogP contribution in [-0.2, 0) is 4.74 Å². The summed E-state index contributed by atoms with van der Waals surface area (Å²) >= 11 is 6.34. The molecule has 0 bridgehead atoms. The summed E-state index contributed by atoms with van der Waals surface area (Å²) in [5.74, 6) is 0.546. The Bertz CT molecular complexity index is 394. The molecule has 0 spiro atoms. The van der Waals surface area contributed by atoms with Gasteiger partial charge in [-0.05, 0) is 30.5 Å². The Morgan fingerprint density at radius 1 is 1.32 bits per heavy atom. The van der Waals surface area contributed by atoms with E-state index in [1.165, 1.54) is 0 Å². The molecule has 0 saturated carbocycles. The van der Waals surface area contributed by atoms with E-state index in [2.05, 4.69) is 18.7 Å². The van der Waals surface area contributed by atoms with Crippen molar-refractivity contribution < 1.29 is 9.84 Å². The van der Waals surface area contributed by atoms with Gasteiger partial charge < -0.3 is 14.7 Å². The van der Waals surface area contributed by atoms with Gasteiger partial charge in [-0.2, -0.15) is 0 Å². The molecular formula is C15H24ClNO2. The second kappa shape index (κ2) is 7.73. The van der Waals surface area contributed by atoms with Crippen molar-refractivity contribution in [1.29, 1.82) is 0 Å². The minimum Gasteiger partial charge on any atom is -0.389 e. The fourth-order valence-electron chi connectivity index (χ4n) is 1.99. The molecule has 1 atom stereocenters. The van der Waals surface area contributed by atoms with Crippen molar-refractivity contribution >= 4 is 17.3 Å². The smallest absolute Gasteiger partial charge is 0.0762 e. The van der Waals surface area contributed by atoms with E-state index in [1.54, 1.807) is 14.0 Å². The van der Waals surface area contributed by atoms with Crippen molar-refractivity contribution in [3.63, 3.8) is 0 Å². The molecule has 0 fully saturated rings. The quantitative estimate of drug-likeness (QED) is 0.832. The minimum absolute atomic E-state index is 0.496. The molecule has 1 rings (SSSR count). The van der Waals surface area contributed by atoms with Gasteiger partial charge in [0.05, 0.1) is 23.4 Å². The van der Waals surface area contributed by atoms with Crippen molar-refractivity contribution in [3.8, 4) is 0 Å². The van der Waals surface area contributed by atoms with Gasteiger partial charge in [0.1, 0.15) is 0 Å². The first-order valence-electron chi connectivity index (χ1n) is 6.67. The lowest BCUT2D eigenvalue weighted by Crippen LogP contribution is -2.31. The number of ether oxygens (including phenoxy) is 1. The number of benzene rings is 1. The summed E-state index contributed by atoms with van der Waals surface area (Å²) in [5, 5.41) is 10.2. The van der Waals surface area contributed by atoms with Gasteiger partial charge in [0.2, 0.25) is 0 Å². The highest BCUT2D eigenvalue weighted by Gasteiger charge is 2.13. The maximum Gasteiger partial charge on any atom is 0.0762 e. The van der Waals surface area contributed by atoms with E-state index < -0.39 is 6.10 Å². The second-order valence-electron chi connectivity index (χ2n) is 5.22. The maximum absolute atomic E-state index is 9.57. The molecule has 0 aliphatic rings. The molecule has 1 aromatic rings. The van der Waals surface area contributed by atoms with E-state index in [0.29, 0.717) is 17.5 Å². The van der Waals surface area contributed by atoms with Gasteiger partial charge in [-0.3, -0.25) is 0 Å². The van der Waals surface area contributed by atoms with Gasteiger partial charge in [0.25, 0.3) is 0 Å². The fourth-order valence-corrected chi connectivity index (χ4v) is 2.30. The molecule has 1 N–H and O–H groups in total. The Kier molecular flexibility index (Phi) is 6.63. The van der Waals surface area contributed by atoms with E-state index in [0.717, 1.165) is 24.3 Å². The van der Waals surface area contributed by atoms with Crippen LogP contribution >= 0.6 is 11.6 Å². The number of halogens is 1. The highest BCUT2D eigenvalue weighted by Crippen LogP contribution is 2.29. The zero-order chi connectivity index (χ0) is 14.4. The summed E-state index contributed by atoms with van der Waals surface area (Å²) in [6.45, 7) is 8.50. The Labute approximate surface area is 121 Å². The third kappa shape index (κ3) is 5.01. The molecule has 3 nitrogen and oxygen atoms in total. The van der Waals surface area contributed by atoms with Gasteiger partial charge in [0.15, 0.2) is 0 Å². The topological polar surface area (TPSA) is 32.7 Å². The van der Waals surface area contributed by atoms with Crippen molar-refractivity contribution in [2.45, 2.75) is 26.9 Å². The maximum atomic E-state index is 9.57. The number of anilines is 1. The van der Waals surface area contributed by atoms with Crippen LogP contribution in [0.1, 0.15) is 32.4 Å². The summed E-state index contributed by atoms with van der Waals surface area (Å²) in [6.07, 6.45) is -0.496. The lowest BCUT2D eigenvalue weighted by Gasteiger charge is -2.27. The predicted octanol–water partition coefficient (Wildman–Crippen LogP) is 3.50. The average molecular weight is 286 g/mol. The molecule has 0 saturated heterocycles. The highest BCUT2D eigenvalue weighted by atomic mass is 35.5. The van der Waals surface area contributed by atoms with Crippen molar-refractivity contribution in [3.05, 3.63) is 28.8 Å². The Balaban J connectivity index is 2.94. The van der Waals surface area contributed by atoms with Crippen LogP contribution in [0, 0.1) is 5.92 Å². The summed E-state index contributed by atoms with van der Waals surface area (Å²) in [6, 6.07) is 5.73. The Morgan fingerprint density at radius 2 is 2.00 bits per heavy atom. The minimum atomic E-state index is -0.496. The van der Waals surface area contributed by atoms with Crippen LogP contribution < -0.4 is 4.90 Å². The number of hydrogen-bond donors (Lipinski definition) is 1. The van der Waals surface area contributed by atoms with Crippen LogP contribution in [0.25, 0.3) is 0 Å². The van der Waals surface area contributed by atoms with Gasteiger partial charge in [0, 0.05) is 20.2 Å². The average Bonchev–Trinajstić information content (AvgIpc) is 2.34. The molecule has 108 valence electrons. The number of hydrogen-bond acceptors (Lipinski definition) is 3. The fraction of sp³-hybridized carbons (Fsp3) is 0.600. The predicted molar refractivity (Wildman–Crippen MR) is 81.0 cm³/mol. The number of rotatable bonds is 7. The lowest BCUT2D eigenvalue weighted by molar-refractivity contribution is 0.199. The normalized spacial score (nSPS) is 12.8. The van der Waals surface area contributed by atoms with E-state index in [9.17, 15) is 5.11 Å². The summed E-state index contributed by atoms with van der Waals surface area (Å²) in [7, 11) is 1.70. The van der Waals surface area contributed by atoms with Crippen LogP contribution in [0.2, 0.25) is 5.02 Å². The first kappa shape index (κ1) is 16.3. The number of methoxy groups -OCH3 is 1. The third-order valence-corrected chi connectivity index (χ3v) is 3.25. The van der Waals surface area contributed by atoms with E-state index in [4.69, 9.17) is 16.3 Å². The second-order valence-corrected chi connectivity index (χ2v) is 5.63. The summed E-state index contributed by atoms with van der Waals surface area (Å²) in [5.41, 5.74) is 1.84. The standard InChI is InChI=1S/C15H24ClNO2/c1-11(2)10-17(7-8-19-4)15-6-5-13(12(3)18)9-14(15)16/h5-6,9,11-12,18H,7-8,10H2,1-4H3. The van der Waals surface area contributed by atoms with E-state index in [1.807, 2.05) is 18.2 Å². The van der Waals surface area contributed by atoms with Crippen LogP contribution in [-0.4, -0.2) is 31.9 Å². The summed E-state index contributed by atoms with van der Waals surface area (Å²) in [4.78, 5) is 2.22. The molecule has 0 aromatic heterocycles. The highest BCUT2D eigenvalue weighted by molar-refractivity contribution is 6.33. The summed E-state index contributed by atoms with van der Waals surface area (Å²) < 4.78 is 5.15. The lowest BCUT2D eigenvalue weighted by atomic mass is 10.1. The van der Waals surface area contributed by atoms with E-state index in [-0.39, 0.29) is 0 Å². The van der Waals surface area contributed by atoms with E-state index >= 15 is 0 Å². The molecule has 0 heterocycles. The molecule has 0 aliphatic heterocycles. The number of aliphatic hydroxyl groups is 1. The van der Waals surface area contributed by atoms with Gasteiger partial charge in [-0.25, -0.2) is 0 Å². The van der Waals surface area contributed by atoms with Crippen molar-refractivity contribution in [2.75, 3.05) is 31.7 Å². The van der Waals surface area contributed by atoms with Crippen LogP contribution in [0.3, 0.4) is 0 Å². The SMILES string of the molecule is COCCN(CC(C)C)c1ccc(C(C)O)cc1Cl.